The molecule has 0 amide bonds. The molecule has 1 aromatic rings. The molecule has 242 valence electrons. The summed E-state index contributed by atoms with van der Waals surface area (Å²) in [5, 5.41) is 9.47. The van der Waals surface area contributed by atoms with Gasteiger partial charge in [-0.05, 0) is 25.3 Å². The first-order chi connectivity index (χ1) is 19.2. The Morgan fingerprint density at radius 3 is 1.44 bits per heavy atom. The summed E-state index contributed by atoms with van der Waals surface area (Å²) in [7, 11) is -10.7. The predicted octanol–water partition coefficient (Wildman–Crippen LogP) is 13.8. The molecule has 41 heavy (non-hydrogen) atoms. The summed E-state index contributed by atoms with van der Waals surface area (Å²) in [5.41, 5.74) is 1.74. The van der Waals surface area contributed by atoms with Crippen LogP contribution in [0.2, 0.25) is 0 Å². The molecule has 0 saturated carbocycles. The van der Waals surface area contributed by atoms with Gasteiger partial charge < -0.3 is 9.64 Å². The summed E-state index contributed by atoms with van der Waals surface area (Å²) < 4.78 is 65.3. The van der Waals surface area contributed by atoms with Gasteiger partial charge in [0.25, 0.3) is 0 Å². The summed E-state index contributed by atoms with van der Waals surface area (Å²) in [6, 6.07) is 6.10. The van der Waals surface area contributed by atoms with Gasteiger partial charge in [-0.2, -0.15) is 0 Å². The van der Waals surface area contributed by atoms with Crippen molar-refractivity contribution in [3.05, 3.63) is 23.2 Å². The molecular formula is C30H54F6N3OP. The molecule has 0 saturated heterocycles. The van der Waals surface area contributed by atoms with Crippen molar-refractivity contribution in [3.8, 4) is 5.75 Å². The van der Waals surface area contributed by atoms with Crippen LogP contribution in [0.3, 0.4) is 0 Å². The monoisotopic (exact) mass is 617 g/mol. The summed E-state index contributed by atoms with van der Waals surface area (Å²) in [5.74, 6) is 0.712. The molecule has 0 aromatic heterocycles. The van der Waals surface area contributed by atoms with Gasteiger partial charge in [-0.25, -0.2) is 0 Å². The molecular weight excluding hydrogens is 563 g/mol. The molecule has 0 aliphatic rings. The number of halogens is 6. The van der Waals surface area contributed by atoms with Crippen LogP contribution in [0.25, 0.3) is 4.98 Å². The van der Waals surface area contributed by atoms with Crippen molar-refractivity contribution in [3.63, 3.8) is 0 Å². The van der Waals surface area contributed by atoms with E-state index in [1.54, 1.807) is 0 Å². The number of rotatable bonds is 23. The number of hydrogen-bond acceptors (Lipinski definition) is 3. The van der Waals surface area contributed by atoms with Crippen LogP contribution in [-0.2, 0) is 0 Å². The van der Waals surface area contributed by atoms with Gasteiger partial charge in [-0.1, -0.05) is 117 Å². The van der Waals surface area contributed by atoms with Gasteiger partial charge >= 0.3 is 38.7 Å². The molecule has 0 spiro atoms. The molecule has 0 aliphatic carbocycles. The normalized spacial score (nSPS) is 13.0. The van der Waals surface area contributed by atoms with E-state index in [9.17, 15) is 30.6 Å². The quantitative estimate of drug-likeness (QED) is 0.0531. The SMILES string of the molecule is CCCCCCCCOc1cc(N(CCCCCCCC)CCCCCCCC)ccc1[N+]#N.F[P-](F)(F)(F)(F)F. The van der Waals surface area contributed by atoms with Gasteiger partial charge in [0.1, 0.15) is 0 Å². The number of ether oxygens (including phenoxy) is 1. The van der Waals surface area contributed by atoms with Crippen molar-refractivity contribution in [2.75, 3.05) is 24.6 Å². The second kappa shape index (κ2) is 20.2. The predicted molar refractivity (Wildman–Crippen MR) is 163 cm³/mol. The van der Waals surface area contributed by atoms with Crippen molar-refractivity contribution in [1.29, 1.82) is 5.39 Å². The molecule has 1 rings (SSSR count). The Labute approximate surface area is 244 Å². The number of benzene rings is 1. The van der Waals surface area contributed by atoms with Crippen molar-refractivity contribution >= 4 is 19.2 Å². The molecule has 0 bridgehead atoms. The molecule has 4 nitrogen and oxygen atoms in total. The van der Waals surface area contributed by atoms with E-state index in [1.807, 2.05) is 6.07 Å². The third kappa shape index (κ3) is 28.2. The van der Waals surface area contributed by atoms with Gasteiger partial charge in [0.15, 0.2) is 4.98 Å². The second-order valence-electron chi connectivity index (χ2n) is 10.8. The van der Waals surface area contributed by atoms with Crippen LogP contribution in [0.1, 0.15) is 136 Å². The van der Waals surface area contributed by atoms with Crippen LogP contribution in [0.4, 0.5) is 36.6 Å². The number of anilines is 1. The van der Waals surface area contributed by atoms with Gasteiger partial charge in [0, 0.05) is 30.9 Å². The summed E-state index contributed by atoms with van der Waals surface area (Å²) in [6.07, 6.45) is 23.2. The number of unbranched alkanes of at least 4 members (excludes halogenated alkanes) is 15. The first-order valence-corrected chi connectivity index (χ1v) is 17.7. The van der Waals surface area contributed by atoms with Crippen molar-refractivity contribution < 1.29 is 29.9 Å². The summed E-state index contributed by atoms with van der Waals surface area (Å²) in [4.78, 5) is 6.00. The molecule has 11 heteroatoms. The average molecular weight is 618 g/mol. The standard InChI is InChI=1S/C30H54N3O.F6P/c1-4-7-10-13-16-19-24-33(25-20-17-14-11-8-5-2)28-22-23-29(32-31)30(27-28)34-26-21-18-15-12-9-6-3;1-7(2,3,4,5)6/h22-23,27H,4-21,24-26H2,1-3H3;/q+1;-1. The molecule has 0 radical (unpaired) electrons. The first-order valence-electron chi connectivity index (χ1n) is 15.6. The molecule has 0 heterocycles. The maximum absolute atomic E-state index is 10.7. The fraction of sp³-hybridized carbons (Fsp3) is 0.800. The molecule has 0 aliphatic heterocycles. The molecule has 0 atom stereocenters. The Balaban J connectivity index is 0.00000201. The fourth-order valence-corrected chi connectivity index (χ4v) is 4.50. The van der Waals surface area contributed by atoms with Crippen LogP contribution in [-0.4, -0.2) is 19.7 Å². The van der Waals surface area contributed by atoms with Crippen LogP contribution in [0.5, 0.6) is 5.75 Å². The van der Waals surface area contributed by atoms with Crippen LogP contribution in [0.15, 0.2) is 18.2 Å². The van der Waals surface area contributed by atoms with Crippen LogP contribution < -0.4 is 9.64 Å². The van der Waals surface area contributed by atoms with Crippen molar-refractivity contribution in [2.45, 2.75) is 136 Å². The van der Waals surface area contributed by atoms with E-state index in [4.69, 9.17) is 4.74 Å². The Bertz CT molecular complexity index is 820. The van der Waals surface area contributed by atoms with Crippen LogP contribution >= 0.6 is 7.81 Å². The van der Waals surface area contributed by atoms with Crippen molar-refractivity contribution in [1.82, 2.24) is 0 Å². The summed E-state index contributed by atoms with van der Waals surface area (Å²) >= 11 is 0. The van der Waals surface area contributed by atoms with E-state index in [0.717, 1.165) is 19.5 Å². The number of hydrogen-bond donors (Lipinski definition) is 0. The Morgan fingerprint density at radius 2 is 1.02 bits per heavy atom. The van der Waals surface area contributed by atoms with Crippen LogP contribution in [0, 0.1) is 5.39 Å². The zero-order valence-corrected chi connectivity index (χ0v) is 26.4. The molecule has 0 unspecified atom stereocenters. The van der Waals surface area contributed by atoms with E-state index in [1.165, 1.54) is 115 Å². The van der Waals surface area contributed by atoms with Crippen molar-refractivity contribution in [2.24, 2.45) is 0 Å². The van der Waals surface area contributed by atoms with E-state index >= 15 is 0 Å². The molecule has 0 fully saturated rings. The minimum absolute atomic E-state index is 0.536. The second-order valence-corrected chi connectivity index (χ2v) is 12.8. The van der Waals surface area contributed by atoms with E-state index in [2.05, 4.69) is 42.8 Å². The maximum atomic E-state index is 9.87. The summed E-state index contributed by atoms with van der Waals surface area (Å²) in [6.45, 7) is 9.67. The number of diazo groups is 1. The fourth-order valence-electron chi connectivity index (χ4n) is 4.50. The zero-order chi connectivity index (χ0) is 31.1. The minimum atomic E-state index is -10.7. The topological polar surface area (TPSA) is 40.6 Å². The Kier molecular flexibility index (Phi) is 19.3. The van der Waals surface area contributed by atoms with Gasteiger partial charge in [-0.15, -0.1) is 0 Å². The zero-order valence-electron chi connectivity index (χ0n) is 25.5. The third-order valence-corrected chi connectivity index (χ3v) is 6.73. The van der Waals surface area contributed by atoms with E-state index in [-0.39, 0.29) is 0 Å². The van der Waals surface area contributed by atoms with Gasteiger partial charge in [0.2, 0.25) is 11.1 Å². The average Bonchev–Trinajstić information content (AvgIpc) is 2.89. The molecule has 1 aromatic carbocycles. The Hall–Kier alpha value is -1.75. The van der Waals surface area contributed by atoms with E-state index in [0.29, 0.717) is 18.0 Å². The first kappa shape index (κ1) is 39.2. The van der Waals surface area contributed by atoms with Gasteiger partial charge in [0.05, 0.1) is 6.61 Å². The molecule has 0 N–H and O–H groups in total. The number of nitrogens with zero attached hydrogens (tertiary/aromatic N) is 3. The Morgan fingerprint density at radius 1 is 0.634 bits per heavy atom. The van der Waals surface area contributed by atoms with E-state index < -0.39 is 7.81 Å². The third-order valence-electron chi connectivity index (χ3n) is 6.73. The van der Waals surface area contributed by atoms with Gasteiger partial charge in [-0.3, -0.25) is 0 Å².